The number of nitrogens with one attached hydrogen (secondary N) is 1. The molecule has 0 atom stereocenters. The molecule has 6 nitrogen and oxygen atoms in total. The first-order valence-electron chi connectivity index (χ1n) is 8.98. The molecule has 1 amide bonds. The van der Waals surface area contributed by atoms with E-state index in [0.717, 1.165) is 16.5 Å². The number of carbonyl (C=O) groups is 1. The molecule has 0 aliphatic heterocycles. The number of hydrogen-bond donors (Lipinski definition) is 1. The van der Waals surface area contributed by atoms with Crippen molar-refractivity contribution < 1.29 is 18.3 Å². The lowest BCUT2D eigenvalue weighted by Gasteiger charge is -2.14. The van der Waals surface area contributed by atoms with E-state index in [2.05, 4.69) is 15.4 Å². The molecule has 8 heteroatoms. The summed E-state index contributed by atoms with van der Waals surface area (Å²) >= 11 is 0. The van der Waals surface area contributed by atoms with E-state index in [-0.39, 0.29) is 18.7 Å². The number of benzene rings is 1. The molecule has 3 rings (SSSR count). The lowest BCUT2D eigenvalue weighted by atomic mass is 10.0. The van der Waals surface area contributed by atoms with Crippen molar-refractivity contribution in [3.63, 3.8) is 0 Å². The number of amides is 1. The molecule has 0 radical (unpaired) electrons. The number of carbonyl (C=O) groups excluding carboxylic acids is 1. The third-order valence-electron chi connectivity index (χ3n) is 4.61. The number of nitrogens with zero attached hydrogens (tertiary/aromatic N) is 3. The minimum atomic E-state index is -2.79. The Morgan fingerprint density at radius 2 is 2.04 bits per heavy atom. The van der Waals surface area contributed by atoms with Crippen LogP contribution in [0.25, 0.3) is 22.0 Å². The molecule has 0 fully saturated rings. The summed E-state index contributed by atoms with van der Waals surface area (Å²) in [5.74, 6) is -2.75. The van der Waals surface area contributed by atoms with Crippen LogP contribution >= 0.6 is 0 Å². The number of alkyl halides is 2. The predicted octanol–water partition coefficient (Wildman–Crippen LogP) is 3.81. The van der Waals surface area contributed by atoms with E-state index in [1.807, 2.05) is 18.2 Å². The standard InChI is InChI=1S/C20H22F2N4O2/c1-4-20(21,22)9-10-23-18(27)17-11-14(13-7-5-6-8-16(13)25-17)15-12-24-26(2)19(15)28-3/h5-8,11-12H,4,9-10H2,1-3H3,(H,23,27). The van der Waals surface area contributed by atoms with Crippen LogP contribution in [-0.2, 0) is 7.05 Å². The maximum atomic E-state index is 13.4. The van der Waals surface area contributed by atoms with Crippen LogP contribution < -0.4 is 10.1 Å². The summed E-state index contributed by atoms with van der Waals surface area (Å²) in [5, 5.41) is 7.59. The number of fused-ring (bicyclic) bond motifs is 1. The van der Waals surface area contributed by atoms with Crippen LogP contribution in [0.2, 0.25) is 0 Å². The molecule has 0 bridgehead atoms. The average molecular weight is 388 g/mol. The fourth-order valence-corrected chi connectivity index (χ4v) is 2.99. The topological polar surface area (TPSA) is 69.0 Å². The van der Waals surface area contributed by atoms with Gasteiger partial charge in [0.15, 0.2) is 0 Å². The first-order valence-corrected chi connectivity index (χ1v) is 8.98. The zero-order valence-corrected chi connectivity index (χ0v) is 16.0. The molecule has 1 N–H and O–H groups in total. The van der Waals surface area contributed by atoms with Gasteiger partial charge in [-0.3, -0.25) is 4.79 Å². The molecular weight excluding hydrogens is 366 g/mol. The van der Waals surface area contributed by atoms with E-state index < -0.39 is 18.3 Å². The van der Waals surface area contributed by atoms with Crippen LogP contribution in [0.4, 0.5) is 8.78 Å². The van der Waals surface area contributed by atoms with E-state index in [9.17, 15) is 13.6 Å². The molecule has 1 aromatic carbocycles. The van der Waals surface area contributed by atoms with E-state index in [4.69, 9.17) is 4.74 Å². The number of hydrogen-bond acceptors (Lipinski definition) is 4. The lowest BCUT2D eigenvalue weighted by Crippen LogP contribution is -2.30. The molecular formula is C20H22F2N4O2. The van der Waals surface area contributed by atoms with Gasteiger partial charge in [-0.1, -0.05) is 25.1 Å². The van der Waals surface area contributed by atoms with Gasteiger partial charge in [0, 0.05) is 37.4 Å². The van der Waals surface area contributed by atoms with Crippen molar-refractivity contribution in [2.45, 2.75) is 25.7 Å². The van der Waals surface area contributed by atoms with Gasteiger partial charge < -0.3 is 10.1 Å². The number of para-hydroxylation sites is 1. The number of halogens is 2. The first-order chi connectivity index (χ1) is 13.4. The summed E-state index contributed by atoms with van der Waals surface area (Å²) < 4.78 is 33.8. The molecule has 2 heterocycles. The second-order valence-electron chi connectivity index (χ2n) is 6.48. The lowest BCUT2D eigenvalue weighted by molar-refractivity contribution is -0.0104. The van der Waals surface area contributed by atoms with Crippen molar-refractivity contribution in [1.82, 2.24) is 20.1 Å². The quantitative estimate of drug-likeness (QED) is 0.668. The van der Waals surface area contributed by atoms with Crippen molar-refractivity contribution in [3.05, 3.63) is 42.2 Å². The Bertz CT molecular complexity index is 1000. The second-order valence-corrected chi connectivity index (χ2v) is 6.48. The fraction of sp³-hybridized carbons (Fsp3) is 0.350. The van der Waals surface area contributed by atoms with Crippen LogP contribution in [0, 0.1) is 0 Å². The highest BCUT2D eigenvalue weighted by atomic mass is 19.3. The number of aryl methyl sites for hydroxylation is 1. The highest BCUT2D eigenvalue weighted by molar-refractivity contribution is 6.01. The SMILES string of the molecule is CCC(F)(F)CCNC(=O)c1cc(-c2cnn(C)c2OC)c2ccccc2n1. The highest BCUT2D eigenvalue weighted by Gasteiger charge is 2.26. The summed E-state index contributed by atoms with van der Waals surface area (Å²) in [5.41, 5.74) is 2.23. The minimum Gasteiger partial charge on any atom is -0.481 e. The second kappa shape index (κ2) is 7.92. The highest BCUT2D eigenvalue weighted by Crippen LogP contribution is 2.34. The van der Waals surface area contributed by atoms with Gasteiger partial charge in [-0.15, -0.1) is 0 Å². The normalized spacial score (nSPS) is 11.6. The average Bonchev–Trinajstić information content (AvgIpc) is 3.07. The Morgan fingerprint density at radius 3 is 2.75 bits per heavy atom. The maximum absolute atomic E-state index is 13.4. The van der Waals surface area contributed by atoms with Crippen LogP contribution in [0.3, 0.4) is 0 Å². The molecule has 3 aromatic rings. The van der Waals surface area contributed by atoms with Crippen LogP contribution in [0.5, 0.6) is 5.88 Å². The third-order valence-corrected chi connectivity index (χ3v) is 4.61. The largest absolute Gasteiger partial charge is 0.481 e. The molecule has 148 valence electrons. The van der Waals surface area contributed by atoms with Gasteiger partial charge in [-0.05, 0) is 12.1 Å². The van der Waals surface area contributed by atoms with E-state index in [1.165, 1.54) is 6.92 Å². The molecule has 0 unspecified atom stereocenters. The minimum absolute atomic E-state index is 0.125. The van der Waals surface area contributed by atoms with Gasteiger partial charge in [-0.2, -0.15) is 5.10 Å². The zero-order valence-electron chi connectivity index (χ0n) is 16.0. The van der Waals surface area contributed by atoms with Gasteiger partial charge in [0.2, 0.25) is 11.8 Å². The van der Waals surface area contributed by atoms with Gasteiger partial charge in [-0.25, -0.2) is 18.4 Å². The smallest absolute Gasteiger partial charge is 0.269 e. The number of rotatable bonds is 7. The Hall–Kier alpha value is -3.03. The molecule has 28 heavy (non-hydrogen) atoms. The van der Waals surface area contributed by atoms with Gasteiger partial charge >= 0.3 is 0 Å². The number of methoxy groups -OCH3 is 1. The van der Waals surface area contributed by atoms with Crippen molar-refractivity contribution >= 4 is 16.8 Å². The summed E-state index contributed by atoms with van der Waals surface area (Å²) in [7, 11) is 3.30. The summed E-state index contributed by atoms with van der Waals surface area (Å²) in [6.07, 6.45) is 0.984. The van der Waals surface area contributed by atoms with Gasteiger partial charge in [0.05, 0.1) is 24.4 Å². The number of aromatic nitrogens is 3. The van der Waals surface area contributed by atoms with Crippen LogP contribution in [0.1, 0.15) is 30.3 Å². The van der Waals surface area contributed by atoms with Gasteiger partial charge in [0.25, 0.3) is 5.91 Å². The van der Waals surface area contributed by atoms with E-state index in [1.54, 1.807) is 37.2 Å². The molecule has 0 saturated carbocycles. The molecule has 0 spiro atoms. The van der Waals surface area contributed by atoms with Crippen molar-refractivity contribution in [3.8, 4) is 17.0 Å². The Morgan fingerprint density at radius 1 is 1.29 bits per heavy atom. The van der Waals surface area contributed by atoms with Crippen LogP contribution in [-0.4, -0.2) is 40.2 Å². The summed E-state index contributed by atoms with van der Waals surface area (Å²) in [6.45, 7) is 1.29. The summed E-state index contributed by atoms with van der Waals surface area (Å²) in [4.78, 5) is 16.9. The molecule has 0 aliphatic carbocycles. The third kappa shape index (κ3) is 3.95. The maximum Gasteiger partial charge on any atom is 0.269 e. The van der Waals surface area contributed by atoms with Crippen LogP contribution in [0.15, 0.2) is 36.5 Å². The fourth-order valence-electron chi connectivity index (χ4n) is 2.99. The predicted molar refractivity (Wildman–Crippen MR) is 103 cm³/mol. The Labute approximate surface area is 161 Å². The first kappa shape index (κ1) is 19.7. The van der Waals surface area contributed by atoms with Crippen molar-refractivity contribution in [2.24, 2.45) is 7.05 Å². The van der Waals surface area contributed by atoms with E-state index >= 15 is 0 Å². The summed E-state index contributed by atoms with van der Waals surface area (Å²) in [6, 6.07) is 9.03. The van der Waals surface area contributed by atoms with Gasteiger partial charge in [0.1, 0.15) is 5.69 Å². The van der Waals surface area contributed by atoms with E-state index in [0.29, 0.717) is 11.4 Å². The molecule has 2 aromatic heterocycles. The molecule has 0 saturated heterocycles. The number of ether oxygens (including phenoxy) is 1. The monoisotopic (exact) mass is 388 g/mol. The molecule has 0 aliphatic rings. The Balaban J connectivity index is 1.97. The number of pyridine rings is 1. The van der Waals surface area contributed by atoms with Crippen molar-refractivity contribution in [1.29, 1.82) is 0 Å². The Kier molecular flexibility index (Phi) is 5.58. The zero-order chi connectivity index (χ0) is 20.3. The van der Waals surface area contributed by atoms with Crippen molar-refractivity contribution in [2.75, 3.05) is 13.7 Å².